The molecule has 0 bridgehead atoms. The Morgan fingerprint density at radius 2 is 2.14 bits per heavy atom. The monoisotopic (exact) mass is 334 g/mol. The van der Waals surface area contributed by atoms with Gasteiger partial charge in [-0.3, -0.25) is 0 Å². The Kier molecular flexibility index (Phi) is 4.69. The Balaban J connectivity index is 1.66. The molecule has 0 radical (unpaired) electrons. The summed E-state index contributed by atoms with van der Waals surface area (Å²) in [6, 6.07) is 9.79. The molecule has 0 aliphatic heterocycles. The average molecular weight is 335 g/mol. The molecule has 0 saturated carbocycles. The first kappa shape index (κ1) is 14.3. The van der Waals surface area contributed by atoms with Crippen LogP contribution in [0.5, 0.6) is 0 Å². The Morgan fingerprint density at radius 3 is 2.90 bits per heavy atom. The summed E-state index contributed by atoms with van der Waals surface area (Å²) >= 11 is 9.10. The van der Waals surface area contributed by atoms with E-state index in [2.05, 4.69) is 15.3 Å². The van der Waals surface area contributed by atoms with Crippen molar-refractivity contribution < 1.29 is 0 Å². The molecular formula is C14H11ClN4S2. The van der Waals surface area contributed by atoms with E-state index in [1.165, 1.54) is 5.56 Å². The Morgan fingerprint density at radius 1 is 1.29 bits per heavy atom. The van der Waals surface area contributed by atoms with E-state index in [-0.39, 0.29) is 0 Å². The topological polar surface area (TPSA) is 43.1 Å². The Bertz CT molecular complexity index is 720. The predicted octanol–water partition coefficient (Wildman–Crippen LogP) is 4.17. The molecule has 0 aliphatic carbocycles. The molecule has 3 rings (SSSR count). The predicted molar refractivity (Wildman–Crippen MR) is 88.3 cm³/mol. The summed E-state index contributed by atoms with van der Waals surface area (Å²) in [5.41, 5.74) is 2.25. The highest BCUT2D eigenvalue weighted by Crippen LogP contribution is 2.21. The summed E-state index contributed by atoms with van der Waals surface area (Å²) in [4.78, 5) is 0. The third-order valence-electron chi connectivity index (χ3n) is 2.66. The summed E-state index contributed by atoms with van der Waals surface area (Å²) < 4.78 is 1.68. The second-order valence-electron chi connectivity index (χ2n) is 4.17. The standard InChI is InChI=1S/C14H11ClN4S2/c15-13-3-1-11(2-4-13)9-21-14-18-16-10-19(14)17-7-12-5-6-20-8-12/h1-8,10H,9H2/b17-7+. The van der Waals surface area contributed by atoms with Gasteiger partial charge in [0.1, 0.15) is 6.33 Å². The lowest BCUT2D eigenvalue weighted by Gasteiger charge is -2.01. The second kappa shape index (κ2) is 6.89. The van der Waals surface area contributed by atoms with Gasteiger partial charge < -0.3 is 0 Å². The minimum Gasteiger partial charge on any atom is -0.195 e. The van der Waals surface area contributed by atoms with Gasteiger partial charge in [0.05, 0.1) is 6.21 Å². The van der Waals surface area contributed by atoms with E-state index in [0.717, 1.165) is 21.5 Å². The number of hydrogen-bond acceptors (Lipinski definition) is 5. The van der Waals surface area contributed by atoms with Crippen LogP contribution in [-0.2, 0) is 5.75 Å². The molecule has 0 N–H and O–H groups in total. The highest BCUT2D eigenvalue weighted by atomic mass is 35.5. The third-order valence-corrected chi connectivity index (χ3v) is 4.61. The first-order valence-electron chi connectivity index (χ1n) is 6.15. The zero-order valence-electron chi connectivity index (χ0n) is 10.9. The molecule has 0 amide bonds. The highest BCUT2D eigenvalue weighted by molar-refractivity contribution is 7.98. The van der Waals surface area contributed by atoms with Crippen molar-refractivity contribution in [1.82, 2.24) is 14.9 Å². The van der Waals surface area contributed by atoms with Gasteiger partial charge >= 0.3 is 0 Å². The summed E-state index contributed by atoms with van der Waals surface area (Å²) in [6.45, 7) is 0. The summed E-state index contributed by atoms with van der Waals surface area (Å²) in [5, 5.41) is 17.9. The molecule has 0 aliphatic rings. The molecule has 0 atom stereocenters. The lowest BCUT2D eigenvalue weighted by Crippen LogP contribution is -1.92. The van der Waals surface area contributed by atoms with E-state index in [1.807, 2.05) is 41.1 Å². The number of nitrogens with zero attached hydrogens (tertiary/aromatic N) is 4. The van der Waals surface area contributed by atoms with Crippen LogP contribution >= 0.6 is 34.7 Å². The van der Waals surface area contributed by atoms with Gasteiger partial charge in [0.15, 0.2) is 0 Å². The molecule has 1 aromatic carbocycles. The van der Waals surface area contributed by atoms with Crippen molar-refractivity contribution in [2.75, 3.05) is 0 Å². The molecule has 7 heteroatoms. The molecule has 4 nitrogen and oxygen atoms in total. The van der Waals surface area contributed by atoms with Crippen LogP contribution in [0.4, 0.5) is 0 Å². The molecule has 106 valence electrons. The lowest BCUT2D eigenvalue weighted by molar-refractivity contribution is 0.767. The number of halogens is 1. The Labute approximate surface area is 135 Å². The maximum absolute atomic E-state index is 5.88. The summed E-state index contributed by atoms with van der Waals surface area (Å²) in [6.07, 6.45) is 3.40. The van der Waals surface area contributed by atoms with Crippen molar-refractivity contribution in [1.29, 1.82) is 0 Å². The van der Waals surface area contributed by atoms with Crippen LogP contribution in [0.15, 0.2) is 57.7 Å². The van der Waals surface area contributed by atoms with Crippen LogP contribution in [0.2, 0.25) is 5.02 Å². The molecule has 2 heterocycles. The van der Waals surface area contributed by atoms with Gasteiger partial charge in [0.2, 0.25) is 5.16 Å². The van der Waals surface area contributed by atoms with Gasteiger partial charge in [-0.1, -0.05) is 35.5 Å². The zero-order chi connectivity index (χ0) is 14.5. The molecule has 21 heavy (non-hydrogen) atoms. The number of benzene rings is 1. The summed E-state index contributed by atoms with van der Waals surface area (Å²) in [5.74, 6) is 0.795. The van der Waals surface area contributed by atoms with E-state index in [4.69, 9.17) is 11.6 Å². The maximum atomic E-state index is 5.88. The van der Waals surface area contributed by atoms with E-state index in [9.17, 15) is 0 Å². The Hall–Kier alpha value is -1.63. The molecule has 3 aromatic rings. The molecule has 0 fully saturated rings. The molecule has 2 aromatic heterocycles. The quantitative estimate of drug-likeness (QED) is 0.519. The van der Waals surface area contributed by atoms with Crippen LogP contribution in [0, 0.1) is 0 Å². The van der Waals surface area contributed by atoms with Gasteiger partial charge in [-0.25, -0.2) is 0 Å². The third kappa shape index (κ3) is 3.93. The van der Waals surface area contributed by atoms with Crippen molar-refractivity contribution in [3.63, 3.8) is 0 Å². The molecule has 0 spiro atoms. The number of thiophene rings is 1. The largest absolute Gasteiger partial charge is 0.212 e. The van der Waals surface area contributed by atoms with Crippen LogP contribution in [0.3, 0.4) is 0 Å². The van der Waals surface area contributed by atoms with Crippen LogP contribution in [0.25, 0.3) is 0 Å². The lowest BCUT2D eigenvalue weighted by atomic mass is 10.2. The van der Waals surface area contributed by atoms with Gasteiger partial charge in [-0.2, -0.15) is 21.1 Å². The minimum absolute atomic E-state index is 0.743. The van der Waals surface area contributed by atoms with E-state index >= 15 is 0 Å². The van der Waals surface area contributed by atoms with Gasteiger partial charge in [0, 0.05) is 16.3 Å². The van der Waals surface area contributed by atoms with Crippen LogP contribution in [-0.4, -0.2) is 21.1 Å². The van der Waals surface area contributed by atoms with E-state index in [0.29, 0.717) is 0 Å². The van der Waals surface area contributed by atoms with E-state index < -0.39 is 0 Å². The fourth-order valence-corrected chi connectivity index (χ4v) is 3.16. The fourth-order valence-electron chi connectivity index (χ4n) is 1.60. The first-order chi connectivity index (χ1) is 10.3. The van der Waals surface area contributed by atoms with Gasteiger partial charge in [-0.15, -0.1) is 10.2 Å². The van der Waals surface area contributed by atoms with Crippen molar-refractivity contribution in [3.05, 3.63) is 63.6 Å². The van der Waals surface area contributed by atoms with Crippen LogP contribution in [0.1, 0.15) is 11.1 Å². The molecular weight excluding hydrogens is 324 g/mol. The highest BCUT2D eigenvalue weighted by Gasteiger charge is 2.04. The zero-order valence-corrected chi connectivity index (χ0v) is 13.3. The van der Waals surface area contributed by atoms with Gasteiger partial charge in [0.25, 0.3) is 0 Å². The van der Waals surface area contributed by atoms with Crippen molar-refractivity contribution in [2.24, 2.45) is 5.10 Å². The van der Waals surface area contributed by atoms with E-state index in [1.54, 1.807) is 40.3 Å². The number of aromatic nitrogens is 3. The fraction of sp³-hybridized carbons (Fsp3) is 0.0714. The number of thioether (sulfide) groups is 1. The van der Waals surface area contributed by atoms with Gasteiger partial charge in [-0.05, 0) is 34.5 Å². The average Bonchev–Trinajstić information content (AvgIpc) is 3.16. The SMILES string of the molecule is Clc1ccc(CSc2nncn2/N=C/c2ccsc2)cc1. The minimum atomic E-state index is 0.743. The second-order valence-corrected chi connectivity index (χ2v) is 6.33. The molecule has 0 unspecified atom stereocenters. The smallest absolute Gasteiger partial charge is 0.195 e. The van der Waals surface area contributed by atoms with Crippen LogP contribution < -0.4 is 0 Å². The summed E-state index contributed by atoms with van der Waals surface area (Å²) in [7, 11) is 0. The van der Waals surface area contributed by atoms with Crippen molar-refractivity contribution in [3.8, 4) is 0 Å². The number of hydrogen-bond donors (Lipinski definition) is 0. The molecule has 0 saturated heterocycles. The maximum Gasteiger partial charge on any atom is 0.212 e. The number of rotatable bonds is 5. The first-order valence-corrected chi connectivity index (χ1v) is 8.46. The van der Waals surface area contributed by atoms with Crippen molar-refractivity contribution >= 4 is 40.9 Å². The van der Waals surface area contributed by atoms with Crippen molar-refractivity contribution in [2.45, 2.75) is 10.9 Å². The normalized spacial score (nSPS) is 11.3.